The van der Waals surface area contributed by atoms with E-state index in [1.54, 1.807) is 12.1 Å². The molecule has 0 spiro atoms. The summed E-state index contributed by atoms with van der Waals surface area (Å²) in [6.07, 6.45) is 2.00. The van der Waals surface area contributed by atoms with E-state index in [9.17, 15) is 13.5 Å². The highest BCUT2D eigenvalue weighted by Crippen LogP contribution is 2.25. The minimum absolute atomic E-state index is 0.199. The van der Waals surface area contributed by atoms with E-state index in [0.717, 1.165) is 12.8 Å². The van der Waals surface area contributed by atoms with Crippen molar-refractivity contribution in [3.05, 3.63) is 24.3 Å². The molecule has 0 aliphatic heterocycles. The third kappa shape index (κ3) is 3.68. The smallest absolute Gasteiger partial charge is 0.240 e. The fourth-order valence-corrected chi connectivity index (χ4v) is 3.46. The van der Waals surface area contributed by atoms with Crippen LogP contribution in [0.3, 0.4) is 0 Å². The molecule has 6 heteroatoms. The predicted molar refractivity (Wildman–Crippen MR) is 71.5 cm³/mol. The standard InChI is InChI=1S/C13H19NO4S/c1-18-12-3-2-4-13(8-12)19(16,17)14-9-10-5-6-11(15)7-10/h2-4,8,10-11,14-15H,5-7,9H2,1H3. The van der Waals surface area contributed by atoms with Gasteiger partial charge in [-0.25, -0.2) is 13.1 Å². The van der Waals surface area contributed by atoms with E-state index < -0.39 is 10.0 Å². The Bertz CT molecular complexity index is 529. The van der Waals surface area contributed by atoms with Crippen molar-refractivity contribution in [3.8, 4) is 5.75 Å². The summed E-state index contributed by atoms with van der Waals surface area (Å²) < 4.78 is 31.8. The van der Waals surface area contributed by atoms with Gasteiger partial charge in [0, 0.05) is 12.6 Å². The van der Waals surface area contributed by atoms with E-state index >= 15 is 0 Å². The van der Waals surface area contributed by atoms with Crippen molar-refractivity contribution in [3.63, 3.8) is 0 Å². The third-order valence-corrected chi connectivity index (χ3v) is 4.85. The predicted octanol–water partition coefficient (Wildman–Crippen LogP) is 1.13. The molecule has 1 saturated carbocycles. The van der Waals surface area contributed by atoms with Crippen LogP contribution in [0.15, 0.2) is 29.2 Å². The summed E-state index contributed by atoms with van der Waals surface area (Å²) >= 11 is 0. The van der Waals surface area contributed by atoms with Gasteiger partial charge < -0.3 is 9.84 Å². The molecule has 0 heterocycles. The number of ether oxygens (including phenoxy) is 1. The van der Waals surface area contributed by atoms with Crippen molar-refractivity contribution in [2.45, 2.75) is 30.3 Å². The van der Waals surface area contributed by atoms with E-state index in [-0.39, 0.29) is 16.9 Å². The SMILES string of the molecule is COc1cccc(S(=O)(=O)NCC2CCC(O)C2)c1. The van der Waals surface area contributed by atoms with Crippen molar-refractivity contribution in [1.29, 1.82) is 0 Å². The summed E-state index contributed by atoms with van der Waals surface area (Å²) in [6, 6.07) is 6.37. The van der Waals surface area contributed by atoms with E-state index in [1.807, 2.05) is 0 Å². The molecule has 1 aliphatic carbocycles. The summed E-state index contributed by atoms with van der Waals surface area (Å²) in [7, 11) is -2.01. The van der Waals surface area contributed by atoms with Gasteiger partial charge in [0.05, 0.1) is 18.1 Å². The van der Waals surface area contributed by atoms with E-state index in [1.165, 1.54) is 19.2 Å². The lowest BCUT2D eigenvalue weighted by atomic mass is 10.1. The third-order valence-electron chi connectivity index (χ3n) is 3.43. The van der Waals surface area contributed by atoms with Crippen LogP contribution in [0.1, 0.15) is 19.3 Å². The van der Waals surface area contributed by atoms with Crippen LogP contribution < -0.4 is 9.46 Å². The van der Waals surface area contributed by atoms with Gasteiger partial charge in [0.25, 0.3) is 0 Å². The lowest BCUT2D eigenvalue weighted by Crippen LogP contribution is -2.28. The second kappa shape index (κ2) is 5.90. The van der Waals surface area contributed by atoms with Crippen LogP contribution in [0.5, 0.6) is 5.75 Å². The molecule has 1 aliphatic rings. The summed E-state index contributed by atoms with van der Waals surface area (Å²) in [6.45, 7) is 0.372. The molecule has 1 fully saturated rings. The summed E-state index contributed by atoms with van der Waals surface area (Å²) in [5.41, 5.74) is 0. The Hall–Kier alpha value is -1.11. The van der Waals surface area contributed by atoms with Gasteiger partial charge in [0.15, 0.2) is 0 Å². The number of sulfonamides is 1. The Balaban J connectivity index is 2.01. The summed E-state index contributed by atoms with van der Waals surface area (Å²) in [5, 5.41) is 9.42. The minimum atomic E-state index is -3.51. The van der Waals surface area contributed by atoms with Gasteiger partial charge in [-0.15, -0.1) is 0 Å². The first-order chi connectivity index (χ1) is 9.01. The molecule has 0 saturated heterocycles. The van der Waals surface area contributed by atoms with Gasteiger partial charge in [-0.1, -0.05) is 6.07 Å². The van der Waals surface area contributed by atoms with Gasteiger partial charge in [0.1, 0.15) is 5.75 Å². The Morgan fingerprint density at radius 3 is 2.84 bits per heavy atom. The topological polar surface area (TPSA) is 75.6 Å². The highest BCUT2D eigenvalue weighted by Gasteiger charge is 2.24. The molecule has 2 unspecified atom stereocenters. The van der Waals surface area contributed by atoms with Crippen molar-refractivity contribution in [2.75, 3.05) is 13.7 Å². The maximum atomic E-state index is 12.1. The van der Waals surface area contributed by atoms with Gasteiger partial charge in [-0.05, 0) is 37.3 Å². The molecule has 0 amide bonds. The molecule has 0 bridgehead atoms. The summed E-state index contributed by atoms with van der Waals surface area (Å²) in [4.78, 5) is 0.199. The van der Waals surface area contributed by atoms with E-state index in [4.69, 9.17) is 4.74 Å². The average molecular weight is 285 g/mol. The maximum Gasteiger partial charge on any atom is 0.240 e. The average Bonchev–Trinajstić information content (AvgIpc) is 2.82. The fraction of sp³-hybridized carbons (Fsp3) is 0.538. The van der Waals surface area contributed by atoms with Gasteiger partial charge >= 0.3 is 0 Å². The number of benzene rings is 1. The van der Waals surface area contributed by atoms with Crippen molar-refractivity contribution >= 4 is 10.0 Å². The van der Waals surface area contributed by atoms with Crippen molar-refractivity contribution in [2.24, 2.45) is 5.92 Å². The quantitative estimate of drug-likeness (QED) is 0.850. The number of aliphatic hydroxyl groups is 1. The van der Waals surface area contributed by atoms with Crippen LogP contribution >= 0.6 is 0 Å². The molecule has 5 nitrogen and oxygen atoms in total. The molecule has 2 N–H and O–H groups in total. The van der Waals surface area contributed by atoms with Gasteiger partial charge in [-0.2, -0.15) is 0 Å². The number of aliphatic hydroxyl groups excluding tert-OH is 1. The second-order valence-corrected chi connectivity index (χ2v) is 6.63. The van der Waals surface area contributed by atoms with Crippen LogP contribution in [0.4, 0.5) is 0 Å². The zero-order valence-electron chi connectivity index (χ0n) is 10.9. The first-order valence-electron chi connectivity index (χ1n) is 6.33. The maximum absolute atomic E-state index is 12.1. The Morgan fingerprint density at radius 2 is 2.21 bits per heavy atom. The highest BCUT2D eigenvalue weighted by atomic mass is 32.2. The molecule has 0 aromatic heterocycles. The number of hydrogen-bond acceptors (Lipinski definition) is 4. The van der Waals surface area contributed by atoms with E-state index in [2.05, 4.69) is 4.72 Å². The first-order valence-corrected chi connectivity index (χ1v) is 7.81. The Morgan fingerprint density at radius 1 is 1.42 bits per heavy atom. The molecule has 1 aromatic rings. The number of rotatable bonds is 5. The van der Waals surface area contributed by atoms with Crippen LogP contribution in [0.25, 0.3) is 0 Å². The molecular weight excluding hydrogens is 266 g/mol. The monoisotopic (exact) mass is 285 g/mol. The largest absolute Gasteiger partial charge is 0.497 e. The fourth-order valence-electron chi connectivity index (χ4n) is 2.31. The second-order valence-electron chi connectivity index (χ2n) is 4.86. The van der Waals surface area contributed by atoms with Crippen LogP contribution in [0.2, 0.25) is 0 Å². The van der Waals surface area contributed by atoms with Gasteiger partial charge in [0.2, 0.25) is 10.0 Å². The highest BCUT2D eigenvalue weighted by molar-refractivity contribution is 7.89. The zero-order valence-corrected chi connectivity index (χ0v) is 11.7. The van der Waals surface area contributed by atoms with Gasteiger partial charge in [-0.3, -0.25) is 0 Å². The molecule has 0 radical (unpaired) electrons. The van der Waals surface area contributed by atoms with E-state index in [0.29, 0.717) is 18.7 Å². The Labute approximate surface area is 113 Å². The number of nitrogens with one attached hydrogen (secondary N) is 1. The summed E-state index contributed by atoms with van der Waals surface area (Å²) in [5.74, 6) is 0.731. The molecule has 106 valence electrons. The molecule has 19 heavy (non-hydrogen) atoms. The number of hydrogen-bond donors (Lipinski definition) is 2. The minimum Gasteiger partial charge on any atom is -0.497 e. The van der Waals surface area contributed by atoms with Crippen LogP contribution in [-0.4, -0.2) is 33.3 Å². The number of methoxy groups -OCH3 is 1. The van der Waals surface area contributed by atoms with Crippen LogP contribution in [0, 0.1) is 5.92 Å². The van der Waals surface area contributed by atoms with Crippen molar-refractivity contribution < 1.29 is 18.3 Å². The zero-order chi connectivity index (χ0) is 13.9. The normalized spacial score (nSPS) is 23.5. The molecule has 1 aromatic carbocycles. The Kier molecular flexibility index (Phi) is 4.44. The molecule has 2 atom stereocenters. The lowest BCUT2D eigenvalue weighted by Gasteiger charge is -2.12. The lowest BCUT2D eigenvalue weighted by molar-refractivity contribution is 0.178. The first kappa shape index (κ1) is 14.3. The molecule has 2 rings (SSSR count). The van der Waals surface area contributed by atoms with Crippen LogP contribution in [-0.2, 0) is 10.0 Å². The van der Waals surface area contributed by atoms with Crippen molar-refractivity contribution in [1.82, 2.24) is 4.72 Å². The molecular formula is C13H19NO4S.